The van der Waals surface area contributed by atoms with E-state index in [2.05, 4.69) is 14.4 Å². The quantitative estimate of drug-likeness (QED) is 0.157. The van der Waals surface area contributed by atoms with Crippen molar-refractivity contribution >= 4 is 55.9 Å². The normalized spacial score (nSPS) is 18.5. The van der Waals surface area contributed by atoms with Crippen molar-refractivity contribution in [2.24, 2.45) is 0 Å². The van der Waals surface area contributed by atoms with Crippen LogP contribution < -0.4 is 19.1 Å². The summed E-state index contributed by atoms with van der Waals surface area (Å²) in [6, 6.07) is 17.1. The average Bonchev–Trinajstić information content (AvgIpc) is 3.68. The number of imidazole rings is 1. The summed E-state index contributed by atoms with van der Waals surface area (Å²) in [5.74, 6) is 2.19. The van der Waals surface area contributed by atoms with Crippen molar-refractivity contribution in [3.8, 4) is 17.2 Å². The topological polar surface area (TPSA) is 106 Å². The van der Waals surface area contributed by atoms with E-state index in [0.29, 0.717) is 52.5 Å². The molecule has 1 amide bonds. The summed E-state index contributed by atoms with van der Waals surface area (Å²) in [4.78, 5) is 25.7. The van der Waals surface area contributed by atoms with Crippen LogP contribution in [0.25, 0.3) is 11.0 Å². The summed E-state index contributed by atoms with van der Waals surface area (Å²) in [5, 5.41) is 0.989. The number of fused-ring (bicyclic) bond motifs is 1. The van der Waals surface area contributed by atoms with Gasteiger partial charge < -0.3 is 33.5 Å². The van der Waals surface area contributed by atoms with Crippen LogP contribution in [0.15, 0.2) is 54.6 Å². The third kappa shape index (κ3) is 7.95. The number of likely N-dealkylation sites (tertiary alicyclic amines) is 1. The minimum atomic E-state index is -3.14. The monoisotopic (exact) mass is 771 g/mol. The van der Waals surface area contributed by atoms with Crippen LogP contribution in [0.5, 0.6) is 17.2 Å². The van der Waals surface area contributed by atoms with Crippen molar-refractivity contribution in [2.75, 3.05) is 83.5 Å². The summed E-state index contributed by atoms with van der Waals surface area (Å²) in [5.41, 5.74) is 3.00. The predicted octanol–water partition coefficient (Wildman–Crippen LogP) is 6.19. The molecule has 14 heteroatoms. The number of para-hydroxylation sites is 2. The molecule has 11 nitrogen and oxygen atoms in total. The van der Waals surface area contributed by atoms with E-state index in [1.54, 1.807) is 19.1 Å². The van der Waals surface area contributed by atoms with Gasteiger partial charge in [0.05, 0.1) is 48.2 Å². The van der Waals surface area contributed by atoms with Crippen LogP contribution in [0.4, 0.5) is 5.95 Å². The first-order valence-corrected chi connectivity index (χ1v) is 20.3. The molecular formula is C38H47Cl2N5O6S. The van der Waals surface area contributed by atoms with E-state index in [-0.39, 0.29) is 22.8 Å². The second-order valence-corrected chi connectivity index (χ2v) is 16.8. The first-order valence-electron chi connectivity index (χ1n) is 17.7. The largest absolute Gasteiger partial charge is 0.493 e. The van der Waals surface area contributed by atoms with Gasteiger partial charge in [-0.3, -0.25) is 4.79 Å². The number of aryl methyl sites for hydroxylation is 1. The van der Waals surface area contributed by atoms with Crippen molar-refractivity contribution < 1.29 is 27.4 Å². The van der Waals surface area contributed by atoms with Gasteiger partial charge in [-0.15, -0.1) is 0 Å². The van der Waals surface area contributed by atoms with Crippen molar-refractivity contribution in [1.29, 1.82) is 0 Å². The molecule has 2 aliphatic heterocycles. The van der Waals surface area contributed by atoms with Crippen molar-refractivity contribution in [1.82, 2.24) is 19.4 Å². The van der Waals surface area contributed by atoms with E-state index >= 15 is 0 Å². The standard InChI is InChI=1S/C38H47Cl2N5O6S/c1-5-52(47,48)22-21-45-32-10-7-6-9-31(32)41-37(45)43-16-8-15-42(19-20-43)17-13-38(28-11-12-29(39)30(40)25-28)14-18-44(26-38)36(46)27-23-33(49-2)35(51-4)34(24-27)50-3/h6-7,9-12,23-25H,5,8,13-22,26H2,1-4H3. The highest BCUT2D eigenvalue weighted by Gasteiger charge is 2.42. The fourth-order valence-corrected chi connectivity index (χ4v) is 8.56. The zero-order chi connectivity index (χ0) is 37.0. The van der Waals surface area contributed by atoms with Gasteiger partial charge in [-0.2, -0.15) is 0 Å². The van der Waals surface area contributed by atoms with E-state index in [1.807, 2.05) is 47.4 Å². The van der Waals surface area contributed by atoms with E-state index in [1.165, 1.54) is 21.3 Å². The van der Waals surface area contributed by atoms with Gasteiger partial charge in [0.25, 0.3) is 5.91 Å². The minimum absolute atomic E-state index is 0.0761. The SMILES string of the molecule is CCS(=O)(=O)CCn1c(N2CCCN(CCC3(c4ccc(Cl)c(Cl)c4)CCN(C(=O)c4cc(OC)c(OC)c(OC)c4)C3)CC2)nc2ccccc21. The molecule has 0 aliphatic carbocycles. The smallest absolute Gasteiger partial charge is 0.254 e. The number of anilines is 1. The molecule has 0 spiro atoms. The maximum absolute atomic E-state index is 14.0. The van der Waals surface area contributed by atoms with Gasteiger partial charge in [0.2, 0.25) is 11.7 Å². The second-order valence-electron chi connectivity index (χ2n) is 13.5. The third-order valence-corrected chi connectivity index (χ3v) is 13.0. The lowest BCUT2D eigenvalue weighted by Crippen LogP contribution is -2.39. The number of hydrogen-bond donors (Lipinski definition) is 0. The predicted molar refractivity (Wildman–Crippen MR) is 207 cm³/mol. The maximum atomic E-state index is 14.0. The Hall–Kier alpha value is -3.71. The summed E-state index contributed by atoms with van der Waals surface area (Å²) in [7, 11) is 1.47. The first-order chi connectivity index (χ1) is 25.0. The Balaban J connectivity index is 1.20. The molecule has 4 aromatic rings. The third-order valence-electron chi connectivity index (χ3n) is 10.6. The lowest BCUT2D eigenvalue weighted by molar-refractivity contribution is 0.0780. The van der Waals surface area contributed by atoms with Crippen LogP contribution >= 0.6 is 23.2 Å². The fourth-order valence-electron chi connectivity index (χ4n) is 7.51. The number of amides is 1. The van der Waals surface area contributed by atoms with Gasteiger partial charge in [0.15, 0.2) is 21.3 Å². The molecule has 6 rings (SSSR count). The molecule has 1 unspecified atom stereocenters. The van der Waals surface area contributed by atoms with Crippen LogP contribution in [0.1, 0.15) is 42.1 Å². The Kier molecular flexibility index (Phi) is 11.8. The highest BCUT2D eigenvalue weighted by molar-refractivity contribution is 7.91. The molecule has 0 bridgehead atoms. The Morgan fingerprint density at radius 1 is 0.885 bits per heavy atom. The Morgan fingerprint density at radius 3 is 2.33 bits per heavy atom. The highest BCUT2D eigenvalue weighted by Crippen LogP contribution is 2.42. The maximum Gasteiger partial charge on any atom is 0.254 e. The molecule has 52 heavy (non-hydrogen) atoms. The zero-order valence-corrected chi connectivity index (χ0v) is 32.6. The lowest BCUT2D eigenvalue weighted by atomic mass is 9.76. The number of carbonyl (C=O) groups excluding carboxylic acids is 1. The molecule has 2 fully saturated rings. The summed E-state index contributed by atoms with van der Waals surface area (Å²) in [6.45, 7) is 7.28. The van der Waals surface area contributed by atoms with Crippen LogP contribution in [0, 0.1) is 0 Å². The van der Waals surface area contributed by atoms with Gasteiger partial charge in [0, 0.05) is 56.0 Å². The number of hydrogen-bond acceptors (Lipinski definition) is 9. The number of ether oxygens (including phenoxy) is 3. The number of benzene rings is 3. The van der Waals surface area contributed by atoms with Crippen LogP contribution in [-0.2, 0) is 21.8 Å². The fraction of sp³-hybridized carbons (Fsp3) is 0.474. The Labute approximate surface area is 316 Å². The molecule has 3 aromatic carbocycles. The minimum Gasteiger partial charge on any atom is -0.493 e. The van der Waals surface area contributed by atoms with Crippen molar-refractivity contribution in [3.05, 3.63) is 75.8 Å². The second kappa shape index (κ2) is 16.1. The number of sulfone groups is 1. The van der Waals surface area contributed by atoms with E-state index in [0.717, 1.165) is 74.5 Å². The summed E-state index contributed by atoms with van der Waals surface area (Å²) >= 11 is 12.9. The molecular weight excluding hydrogens is 725 g/mol. The van der Waals surface area contributed by atoms with E-state index in [4.69, 9.17) is 42.4 Å². The van der Waals surface area contributed by atoms with Gasteiger partial charge in [-0.25, -0.2) is 13.4 Å². The number of carbonyl (C=O) groups is 1. The van der Waals surface area contributed by atoms with E-state index < -0.39 is 9.84 Å². The van der Waals surface area contributed by atoms with Crippen LogP contribution in [0.3, 0.4) is 0 Å². The molecule has 280 valence electrons. The number of nitrogens with zero attached hydrogens (tertiary/aromatic N) is 5. The van der Waals surface area contributed by atoms with Gasteiger partial charge in [-0.1, -0.05) is 48.3 Å². The Bertz CT molecular complexity index is 2000. The van der Waals surface area contributed by atoms with Crippen LogP contribution in [0.2, 0.25) is 10.0 Å². The molecule has 2 aliphatic rings. The number of halogens is 2. The molecule has 0 saturated carbocycles. The summed E-state index contributed by atoms with van der Waals surface area (Å²) < 4.78 is 43.5. The van der Waals surface area contributed by atoms with Crippen molar-refractivity contribution in [2.45, 2.75) is 38.1 Å². The Morgan fingerprint density at radius 2 is 1.63 bits per heavy atom. The summed E-state index contributed by atoms with van der Waals surface area (Å²) in [6.07, 6.45) is 2.52. The molecule has 3 heterocycles. The number of aromatic nitrogens is 2. The first kappa shape index (κ1) is 38.0. The molecule has 0 radical (unpaired) electrons. The molecule has 0 N–H and O–H groups in total. The van der Waals surface area contributed by atoms with E-state index in [9.17, 15) is 13.2 Å². The average molecular weight is 773 g/mol. The lowest BCUT2D eigenvalue weighted by Gasteiger charge is -2.33. The van der Waals surface area contributed by atoms with Crippen molar-refractivity contribution in [3.63, 3.8) is 0 Å². The molecule has 2 saturated heterocycles. The zero-order valence-electron chi connectivity index (χ0n) is 30.2. The van der Waals surface area contributed by atoms with Crippen LogP contribution in [-0.4, -0.2) is 112 Å². The molecule has 1 atom stereocenters. The number of rotatable bonds is 13. The highest BCUT2D eigenvalue weighted by atomic mass is 35.5. The van der Waals surface area contributed by atoms with Gasteiger partial charge >= 0.3 is 0 Å². The number of methoxy groups -OCH3 is 3. The van der Waals surface area contributed by atoms with Gasteiger partial charge in [0.1, 0.15) is 0 Å². The van der Waals surface area contributed by atoms with Gasteiger partial charge in [-0.05, 0) is 74.3 Å². The molecule has 1 aromatic heterocycles.